The summed E-state index contributed by atoms with van der Waals surface area (Å²) in [5, 5.41) is 3.30. The van der Waals surface area contributed by atoms with Crippen molar-refractivity contribution in [3.63, 3.8) is 0 Å². The number of nitrogens with zero attached hydrogens (tertiary/aromatic N) is 2. The van der Waals surface area contributed by atoms with E-state index in [0.717, 1.165) is 31.2 Å². The molecule has 152 valence electrons. The summed E-state index contributed by atoms with van der Waals surface area (Å²) in [5.41, 5.74) is 1.23. The molecule has 0 bridgehead atoms. The van der Waals surface area contributed by atoms with Gasteiger partial charge in [-0.05, 0) is 33.6 Å². The van der Waals surface area contributed by atoms with Crippen LogP contribution in [0.15, 0.2) is 22.8 Å². The average Bonchev–Trinajstić information content (AvgIpc) is 3.19. The van der Waals surface area contributed by atoms with Crippen LogP contribution in [0.2, 0.25) is 0 Å². The van der Waals surface area contributed by atoms with Crippen molar-refractivity contribution in [2.75, 3.05) is 0 Å². The van der Waals surface area contributed by atoms with Gasteiger partial charge >= 0.3 is 0 Å². The molecule has 1 atom stereocenters. The lowest BCUT2D eigenvalue weighted by molar-refractivity contribution is -0.134. The van der Waals surface area contributed by atoms with Gasteiger partial charge in [0.2, 0.25) is 5.91 Å². The number of amides is 2. The van der Waals surface area contributed by atoms with E-state index in [9.17, 15) is 9.59 Å². The summed E-state index contributed by atoms with van der Waals surface area (Å²) in [6, 6.07) is 3.79. The third-order valence-electron chi connectivity index (χ3n) is 6.40. The normalized spacial score (nSPS) is 24.3. The van der Waals surface area contributed by atoms with Crippen LogP contribution < -0.4 is 5.32 Å². The molecule has 0 spiro atoms. The highest BCUT2D eigenvalue weighted by Crippen LogP contribution is 2.34. The Morgan fingerprint density at radius 3 is 2.57 bits per heavy atom. The van der Waals surface area contributed by atoms with Crippen molar-refractivity contribution in [3.8, 4) is 0 Å². The van der Waals surface area contributed by atoms with Gasteiger partial charge in [-0.1, -0.05) is 32.1 Å². The van der Waals surface area contributed by atoms with Gasteiger partial charge in [-0.15, -0.1) is 0 Å². The molecule has 0 unspecified atom stereocenters. The number of rotatable bonds is 3. The summed E-state index contributed by atoms with van der Waals surface area (Å²) in [6.07, 6.45) is 9.78. The van der Waals surface area contributed by atoms with E-state index in [1.807, 2.05) is 31.4 Å². The Kier molecular flexibility index (Phi) is 4.98. The number of aromatic nitrogens is 1. The molecular weight excluding hydrogens is 354 g/mol. The molecule has 0 aromatic carbocycles. The summed E-state index contributed by atoms with van der Waals surface area (Å²) in [4.78, 5) is 28.6. The summed E-state index contributed by atoms with van der Waals surface area (Å²) in [6.45, 7) is 6.29. The molecule has 28 heavy (non-hydrogen) atoms. The van der Waals surface area contributed by atoms with Crippen molar-refractivity contribution < 1.29 is 14.0 Å². The van der Waals surface area contributed by atoms with Gasteiger partial charge in [0, 0.05) is 24.2 Å². The van der Waals surface area contributed by atoms with Crippen LogP contribution in [0.3, 0.4) is 0 Å². The predicted octanol–water partition coefficient (Wildman–Crippen LogP) is 4.09. The maximum atomic E-state index is 13.5. The minimum Gasteiger partial charge on any atom is -0.463 e. The SMILES string of the molecule is CC(C)N1C(=O)c2cc3occc3n2C[C@]1(C)C(=O)NC1CCCCCCC1. The van der Waals surface area contributed by atoms with Crippen molar-refractivity contribution in [2.45, 2.75) is 89.9 Å². The van der Waals surface area contributed by atoms with Crippen LogP contribution in [0, 0.1) is 0 Å². The Hall–Kier alpha value is -2.24. The van der Waals surface area contributed by atoms with E-state index in [1.54, 1.807) is 17.2 Å². The zero-order valence-corrected chi connectivity index (χ0v) is 17.2. The number of carbonyl (C=O) groups is 2. The van der Waals surface area contributed by atoms with E-state index in [0.29, 0.717) is 17.8 Å². The highest BCUT2D eigenvalue weighted by Gasteiger charge is 2.49. The summed E-state index contributed by atoms with van der Waals surface area (Å²) >= 11 is 0. The lowest BCUT2D eigenvalue weighted by Crippen LogP contribution is -2.66. The average molecular weight is 386 g/mol. The zero-order chi connectivity index (χ0) is 19.9. The highest BCUT2D eigenvalue weighted by atomic mass is 16.3. The Bertz CT molecular complexity index is 873. The molecule has 6 heteroatoms. The topological polar surface area (TPSA) is 67.5 Å². The summed E-state index contributed by atoms with van der Waals surface area (Å²) in [7, 11) is 0. The van der Waals surface area contributed by atoms with Gasteiger partial charge in [-0.3, -0.25) is 9.59 Å². The first-order chi connectivity index (χ1) is 13.4. The number of nitrogens with one attached hydrogen (secondary N) is 1. The Morgan fingerprint density at radius 1 is 1.21 bits per heavy atom. The van der Waals surface area contributed by atoms with Crippen molar-refractivity contribution in [1.29, 1.82) is 0 Å². The standard InChI is InChI=1S/C22H31N3O3/c1-15(2)25-20(26)18-13-19-17(11-12-28-19)24(18)14-22(25,3)21(27)23-16-9-7-5-4-6-8-10-16/h11-13,15-16H,4-10,14H2,1-3H3,(H,23,27)/t22-/m1/s1. The summed E-state index contributed by atoms with van der Waals surface area (Å²) < 4.78 is 7.44. The molecule has 0 saturated heterocycles. The Labute approximate surface area is 166 Å². The van der Waals surface area contributed by atoms with Crippen molar-refractivity contribution in [2.24, 2.45) is 0 Å². The molecule has 1 N–H and O–H groups in total. The molecular formula is C22H31N3O3. The maximum absolute atomic E-state index is 13.5. The second kappa shape index (κ2) is 7.30. The molecule has 2 aliphatic rings. The fourth-order valence-electron chi connectivity index (χ4n) is 4.98. The fourth-order valence-corrected chi connectivity index (χ4v) is 4.98. The smallest absolute Gasteiger partial charge is 0.271 e. The van der Waals surface area contributed by atoms with Crippen molar-refractivity contribution in [3.05, 3.63) is 24.1 Å². The van der Waals surface area contributed by atoms with Crippen LogP contribution in [0.4, 0.5) is 0 Å². The molecule has 4 rings (SSSR count). The van der Waals surface area contributed by atoms with Gasteiger partial charge in [0.25, 0.3) is 5.91 Å². The predicted molar refractivity (Wildman–Crippen MR) is 108 cm³/mol. The Balaban J connectivity index is 1.65. The van der Waals surface area contributed by atoms with Crippen LogP contribution in [0.5, 0.6) is 0 Å². The molecule has 2 amide bonds. The molecule has 2 aromatic heterocycles. The molecule has 1 aliphatic heterocycles. The summed E-state index contributed by atoms with van der Waals surface area (Å²) in [5.74, 6) is -0.154. The molecule has 1 aliphatic carbocycles. The van der Waals surface area contributed by atoms with Gasteiger partial charge in [0.1, 0.15) is 11.2 Å². The second-order valence-electron chi connectivity index (χ2n) is 8.84. The lowest BCUT2D eigenvalue weighted by Gasteiger charge is -2.46. The van der Waals surface area contributed by atoms with Crippen LogP contribution in [-0.4, -0.2) is 38.9 Å². The highest BCUT2D eigenvalue weighted by molar-refractivity contribution is 6.03. The molecule has 0 radical (unpaired) electrons. The Morgan fingerprint density at radius 2 is 1.89 bits per heavy atom. The fraction of sp³-hybridized carbons (Fsp3) is 0.636. The van der Waals surface area contributed by atoms with Crippen LogP contribution >= 0.6 is 0 Å². The van der Waals surface area contributed by atoms with Crippen LogP contribution in [0.1, 0.15) is 76.2 Å². The van der Waals surface area contributed by atoms with Gasteiger partial charge < -0.3 is 19.2 Å². The molecule has 1 fully saturated rings. The zero-order valence-electron chi connectivity index (χ0n) is 17.2. The largest absolute Gasteiger partial charge is 0.463 e. The molecule has 3 heterocycles. The third kappa shape index (κ3) is 3.12. The number of fused-ring (bicyclic) bond motifs is 3. The van der Waals surface area contributed by atoms with E-state index in [1.165, 1.54) is 19.3 Å². The minimum absolute atomic E-state index is 0.0453. The maximum Gasteiger partial charge on any atom is 0.271 e. The number of hydrogen-bond donors (Lipinski definition) is 1. The van der Waals surface area contributed by atoms with Gasteiger partial charge in [-0.25, -0.2) is 0 Å². The first-order valence-electron chi connectivity index (χ1n) is 10.6. The van der Waals surface area contributed by atoms with Crippen molar-refractivity contribution in [1.82, 2.24) is 14.8 Å². The van der Waals surface area contributed by atoms with E-state index < -0.39 is 5.54 Å². The molecule has 1 saturated carbocycles. The molecule has 6 nitrogen and oxygen atoms in total. The van der Waals surface area contributed by atoms with Crippen LogP contribution in [-0.2, 0) is 11.3 Å². The number of furan rings is 1. The monoisotopic (exact) mass is 385 g/mol. The van der Waals surface area contributed by atoms with Crippen molar-refractivity contribution >= 4 is 22.9 Å². The quantitative estimate of drug-likeness (QED) is 0.865. The third-order valence-corrected chi connectivity index (χ3v) is 6.40. The molecule has 2 aromatic rings. The minimum atomic E-state index is -0.927. The van der Waals surface area contributed by atoms with Gasteiger partial charge in [-0.2, -0.15) is 0 Å². The number of hydrogen-bond acceptors (Lipinski definition) is 3. The van der Waals surface area contributed by atoms with E-state index in [-0.39, 0.29) is 23.9 Å². The van der Waals surface area contributed by atoms with E-state index in [4.69, 9.17) is 4.42 Å². The van der Waals surface area contributed by atoms with Gasteiger partial charge in [0.05, 0.1) is 18.3 Å². The van der Waals surface area contributed by atoms with E-state index in [2.05, 4.69) is 5.32 Å². The lowest BCUT2D eigenvalue weighted by atomic mass is 9.91. The van der Waals surface area contributed by atoms with Crippen LogP contribution in [0.25, 0.3) is 11.1 Å². The number of carbonyl (C=O) groups excluding carboxylic acids is 2. The van der Waals surface area contributed by atoms with E-state index >= 15 is 0 Å². The second-order valence-corrected chi connectivity index (χ2v) is 8.84. The first-order valence-corrected chi connectivity index (χ1v) is 10.6. The van der Waals surface area contributed by atoms with Gasteiger partial charge in [0.15, 0.2) is 5.58 Å². The first kappa shape index (κ1) is 19.1.